The minimum absolute atomic E-state index is 0.174. The number of nitrogens with zero attached hydrogens (tertiary/aromatic N) is 4. The molecule has 2 rings (SSSR count). The van der Waals surface area contributed by atoms with E-state index >= 15 is 0 Å². The number of likely N-dealkylation sites (N-methyl/N-ethyl adjacent to an activating group) is 1. The topological polar surface area (TPSA) is 84.5 Å². The number of anilines is 2. The summed E-state index contributed by atoms with van der Waals surface area (Å²) >= 11 is 1.87. The minimum Gasteiger partial charge on any atom is -0.383 e. The SMILES string of the molecule is CN(C)CCn1nc(N2CCSCC2)c(S(C)(=O)=O)c1N. The van der Waals surface area contributed by atoms with Crippen molar-refractivity contribution in [2.45, 2.75) is 11.4 Å². The van der Waals surface area contributed by atoms with Crippen LogP contribution in [-0.4, -0.2) is 74.6 Å². The fourth-order valence-corrected chi connectivity index (χ4v) is 4.14. The van der Waals surface area contributed by atoms with Gasteiger partial charge in [0.2, 0.25) is 0 Å². The van der Waals surface area contributed by atoms with Gasteiger partial charge in [0.1, 0.15) is 5.82 Å². The molecule has 0 saturated carbocycles. The molecule has 1 aliphatic heterocycles. The van der Waals surface area contributed by atoms with Crippen molar-refractivity contribution in [2.75, 3.05) is 62.1 Å². The molecule has 1 fully saturated rings. The number of aromatic nitrogens is 2. The van der Waals surface area contributed by atoms with Gasteiger partial charge >= 0.3 is 0 Å². The van der Waals surface area contributed by atoms with Gasteiger partial charge in [0, 0.05) is 37.4 Å². The number of thioether (sulfide) groups is 1. The van der Waals surface area contributed by atoms with Crippen LogP contribution in [0.5, 0.6) is 0 Å². The van der Waals surface area contributed by atoms with Crippen LogP contribution in [-0.2, 0) is 16.4 Å². The van der Waals surface area contributed by atoms with Crippen LogP contribution in [0.25, 0.3) is 0 Å². The molecule has 1 aromatic heterocycles. The third-order valence-electron chi connectivity index (χ3n) is 3.37. The highest BCUT2D eigenvalue weighted by atomic mass is 32.2. The van der Waals surface area contributed by atoms with Gasteiger partial charge < -0.3 is 15.5 Å². The van der Waals surface area contributed by atoms with Crippen LogP contribution in [0, 0.1) is 0 Å². The van der Waals surface area contributed by atoms with E-state index in [1.54, 1.807) is 4.68 Å². The molecule has 0 spiro atoms. The van der Waals surface area contributed by atoms with Crippen LogP contribution in [0.1, 0.15) is 0 Å². The van der Waals surface area contributed by atoms with Gasteiger partial charge in [0.25, 0.3) is 0 Å². The van der Waals surface area contributed by atoms with Crippen LogP contribution < -0.4 is 10.6 Å². The monoisotopic (exact) mass is 333 g/mol. The van der Waals surface area contributed by atoms with E-state index in [0.717, 1.165) is 31.1 Å². The van der Waals surface area contributed by atoms with Gasteiger partial charge in [-0.2, -0.15) is 16.9 Å². The van der Waals surface area contributed by atoms with Gasteiger partial charge in [-0.3, -0.25) is 0 Å². The Morgan fingerprint density at radius 1 is 1.33 bits per heavy atom. The third-order valence-corrected chi connectivity index (χ3v) is 5.45. The van der Waals surface area contributed by atoms with Gasteiger partial charge in [-0.05, 0) is 14.1 Å². The van der Waals surface area contributed by atoms with Gasteiger partial charge in [0.15, 0.2) is 20.6 Å². The lowest BCUT2D eigenvalue weighted by Crippen LogP contribution is -2.33. The molecule has 9 heteroatoms. The van der Waals surface area contributed by atoms with E-state index in [0.29, 0.717) is 12.4 Å². The van der Waals surface area contributed by atoms with Crippen molar-refractivity contribution in [3.8, 4) is 0 Å². The molecule has 1 aliphatic rings. The van der Waals surface area contributed by atoms with E-state index in [9.17, 15) is 8.42 Å². The highest BCUT2D eigenvalue weighted by Crippen LogP contribution is 2.31. The van der Waals surface area contributed by atoms with Gasteiger partial charge in [-0.25, -0.2) is 13.1 Å². The predicted octanol–water partition coefficient (Wildman–Crippen LogP) is -0.0164. The van der Waals surface area contributed by atoms with Gasteiger partial charge in [0.05, 0.1) is 6.54 Å². The fourth-order valence-electron chi connectivity index (χ4n) is 2.25. The maximum atomic E-state index is 12.1. The van der Waals surface area contributed by atoms with Crippen molar-refractivity contribution in [3.63, 3.8) is 0 Å². The number of hydrogen-bond acceptors (Lipinski definition) is 7. The molecule has 0 bridgehead atoms. The molecule has 21 heavy (non-hydrogen) atoms. The first-order valence-corrected chi connectivity index (χ1v) is 9.89. The Bertz CT molecular complexity index is 591. The van der Waals surface area contributed by atoms with E-state index in [1.807, 2.05) is 35.7 Å². The molecule has 120 valence electrons. The summed E-state index contributed by atoms with van der Waals surface area (Å²) in [5.41, 5.74) is 6.05. The molecule has 0 unspecified atom stereocenters. The average molecular weight is 333 g/mol. The normalized spacial score (nSPS) is 16.7. The van der Waals surface area contributed by atoms with Crippen molar-refractivity contribution >= 4 is 33.2 Å². The number of sulfone groups is 1. The molecular formula is C12H23N5O2S2. The average Bonchev–Trinajstić information content (AvgIpc) is 2.74. The first-order valence-electron chi connectivity index (χ1n) is 6.84. The van der Waals surface area contributed by atoms with Crippen molar-refractivity contribution in [1.29, 1.82) is 0 Å². The molecule has 0 atom stereocenters. The Balaban J connectivity index is 2.39. The lowest BCUT2D eigenvalue weighted by Gasteiger charge is -2.26. The zero-order chi connectivity index (χ0) is 15.6. The molecule has 1 aromatic rings. The van der Waals surface area contributed by atoms with E-state index < -0.39 is 9.84 Å². The number of nitrogen functional groups attached to an aromatic ring is 1. The van der Waals surface area contributed by atoms with E-state index in [4.69, 9.17) is 5.73 Å². The summed E-state index contributed by atoms with van der Waals surface area (Å²) in [6.07, 6.45) is 1.19. The summed E-state index contributed by atoms with van der Waals surface area (Å²) in [6, 6.07) is 0. The Morgan fingerprint density at radius 2 is 1.95 bits per heavy atom. The predicted molar refractivity (Wildman–Crippen MR) is 87.8 cm³/mol. The first kappa shape index (κ1) is 16.4. The van der Waals surface area contributed by atoms with Crippen molar-refractivity contribution in [3.05, 3.63) is 0 Å². The Kier molecular flexibility index (Phi) is 5.05. The number of hydrogen-bond donors (Lipinski definition) is 1. The molecule has 0 aliphatic carbocycles. The van der Waals surface area contributed by atoms with Gasteiger partial charge in [-0.15, -0.1) is 0 Å². The second-order valence-corrected chi connectivity index (χ2v) is 8.61. The highest BCUT2D eigenvalue weighted by Gasteiger charge is 2.28. The van der Waals surface area contributed by atoms with Crippen LogP contribution in [0.3, 0.4) is 0 Å². The summed E-state index contributed by atoms with van der Waals surface area (Å²) in [7, 11) is 0.515. The number of nitrogens with two attached hydrogens (primary N) is 1. The molecule has 1 saturated heterocycles. The zero-order valence-corrected chi connectivity index (χ0v) is 14.4. The van der Waals surface area contributed by atoms with Crippen LogP contribution in [0.4, 0.5) is 11.6 Å². The summed E-state index contributed by atoms with van der Waals surface area (Å²) < 4.78 is 25.8. The largest absolute Gasteiger partial charge is 0.383 e. The summed E-state index contributed by atoms with van der Waals surface area (Å²) in [5.74, 6) is 2.71. The molecule has 7 nitrogen and oxygen atoms in total. The Labute approximate surface area is 130 Å². The molecule has 2 heterocycles. The number of rotatable bonds is 5. The molecule has 0 amide bonds. The van der Waals surface area contributed by atoms with E-state index in [1.165, 1.54) is 6.26 Å². The zero-order valence-electron chi connectivity index (χ0n) is 12.7. The Morgan fingerprint density at radius 3 is 2.48 bits per heavy atom. The standard InChI is InChI=1S/C12H23N5O2S2/c1-15(2)4-5-17-11(13)10(21(3,18)19)12(14-17)16-6-8-20-9-7-16/h4-9,13H2,1-3H3. The fraction of sp³-hybridized carbons (Fsp3) is 0.750. The van der Waals surface area contributed by atoms with Crippen molar-refractivity contribution < 1.29 is 8.42 Å². The third kappa shape index (κ3) is 3.83. The maximum absolute atomic E-state index is 12.1. The van der Waals surface area contributed by atoms with Crippen LogP contribution in [0.15, 0.2) is 4.90 Å². The molecule has 0 radical (unpaired) electrons. The van der Waals surface area contributed by atoms with Crippen LogP contribution >= 0.6 is 11.8 Å². The van der Waals surface area contributed by atoms with Crippen LogP contribution in [0.2, 0.25) is 0 Å². The lowest BCUT2D eigenvalue weighted by molar-refractivity contribution is 0.375. The van der Waals surface area contributed by atoms with Crippen molar-refractivity contribution in [2.24, 2.45) is 0 Å². The molecule has 2 N–H and O–H groups in total. The highest BCUT2D eigenvalue weighted by molar-refractivity contribution is 7.99. The molecule has 0 aromatic carbocycles. The van der Waals surface area contributed by atoms with Crippen molar-refractivity contribution in [1.82, 2.24) is 14.7 Å². The summed E-state index contributed by atoms with van der Waals surface area (Å²) in [4.78, 5) is 4.21. The van der Waals surface area contributed by atoms with E-state index in [-0.39, 0.29) is 10.7 Å². The Hall–Kier alpha value is -0.930. The second-order valence-electron chi connectivity index (χ2n) is 5.44. The second kappa shape index (κ2) is 6.45. The lowest BCUT2D eigenvalue weighted by atomic mass is 10.4. The van der Waals surface area contributed by atoms with E-state index in [2.05, 4.69) is 5.10 Å². The summed E-state index contributed by atoms with van der Waals surface area (Å²) in [5, 5.41) is 4.47. The molecular weight excluding hydrogens is 310 g/mol. The van der Waals surface area contributed by atoms with Gasteiger partial charge in [-0.1, -0.05) is 0 Å². The first-order chi connectivity index (χ1) is 9.80. The minimum atomic E-state index is -3.40. The maximum Gasteiger partial charge on any atom is 0.182 e. The summed E-state index contributed by atoms with van der Waals surface area (Å²) in [6.45, 7) is 2.93. The quantitative estimate of drug-likeness (QED) is 0.811. The smallest absolute Gasteiger partial charge is 0.182 e.